The highest BCUT2D eigenvalue weighted by Crippen LogP contribution is 2.22. The minimum absolute atomic E-state index is 0.416. The van der Waals surface area contributed by atoms with Crippen molar-refractivity contribution in [1.82, 2.24) is 9.55 Å². The Morgan fingerprint density at radius 2 is 2.19 bits per heavy atom. The molecule has 1 aromatic heterocycles. The van der Waals surface area contributed by atoms with Crippen LogP contribution in [0.1, 0.15) is 25.5 Å². The summed E-state index contributed by atoms with van der Waals surface area (Å²) < 4.78 is 2.16. The number of rotatable bonds is 3. The van der Waals surface area contributed by atoms with Crippen LogP contribution in [0.5, 0.6) is 0 Å². The van der Waals surface area contributed by atoms with Crippen LogP contribution < -0.4 is 5.73 Å². The van der Waals surface area contributed by atoms with Gasteiger partial charge < -0.3 is 10.3 Å². The molecule has 0 radical (unpaired) electrons. The second kappa shape index (κ2) is 4.49. The maximum absolute atomic E-state index is 5.65. The third-order valence-corrected chi connectivity index (χ3v) is 2.68. The Balaban J connectivity index is 2.46. The number of nitrogens with zero attached hydrogens (tertiary/aromatic N) is 2. The molecule has 0 aliphatic heterocycles. The van der Waals surface area contributed by atoms with Crippen molar-refractivity contribution in [3.8, 4) is 11.3 Å². The number of benzene rings is 1. The van der Waals surface area contributed by atoms with Gasteiger partial charge in [0, 0.05) is 18.2 Å². The van der Waals surface area contributed by atoms with Crippen molar-refractivity contribution in [1.29, 1.82) is 0 Å². The van der Waals surface area contributed by atoms with E-state index in [1.54, 1.807) is 0 Å². The first-order valence-electron chi connectivity index (χ1n) is 5.53. The first kappa shape index (κ1) is 10.9. The van der Waals surface area contributed by atoms with Gasteiger partial charge in [-0.15, -0.1) is 0 Å². The molecule has 2 aromatic rings. The second-order valence-corrected chi connectivity index (χ2v) is 4.18. The zero-order chi connectivity index (χ0) is 11.5. The molecule has 1 heterocycles. The summed E-state index contributed by atoms with van der Waals surface area (Å²) in [6, 6.07) is 8.71. The maximum atomic E-state index is 5.65. The summed E-state index contributed by atoms with van der Waals surface area (Å²) in [4.78, 5) is 4.21. The van der Waals surface area contributed by atoms with Crippen molar-refractivity contribution in [3.63, 3.8) is 0 Å². The third kappa shape index (κ3) is 1.99. The zero-order valence-corrected chi connectivity index (χ0v) is 9.72. The highest BCUT2D eigenvalue weighted by molar-refractivity contribution is 5.60. The molecule has 0 atom stereocenters. The Kier molecular flexibility index (Phi) is 3.06. The lowest BCUT2D eigenvalue weighted by atomic mass is 10.1. The van der Waals surface area contributed by atoms with Crippen LogP contribution in [0.2, 0.25) is 0 Å². The van der Waals surface area contributed by atoms with E-state index in [1.165, 1.54) is 5.56 Å². The average molecular weight is 215 g/mol. The van der Waals surface area contributed by atoms with Crippen molar-refractivity contribution in [2.24, 2.45) is 5.73 Å². The lowest BCUT2D eigenvalue weighted by molar-refractivity contribution is 0.605. The minimum atomic E-state index is 0.416. The molecule has 3 heteroatoms. The van der Waals surface area contributed by atoms with Crippen LogP contribution in [-0.2, 0) is 6.54 Å². The van der Waals surface area contributed by atoms with Crippen LogP contribution >= 0.6 is 0 Å². The molecule has 0 saturated carbocycles. The Hall–Kier alpha value is -1.61. The van der Waals surface area contributed by atoms with E-state index < -0.39 is 0 Å². The number of hydrogen-bond acceptors (Lipinski definition) is 2. The Morgan fingerprint density at radius 3 is 2.88 bits per heavy atom. The van der Waals surface area contributed by atoms with Gasteiger partial charge in [-0.1, -0.05) is 18.2 Å². The smallest absolute Gasteiger partial charge is 0.0953 e. The van der Waals surface area contributed by atoms with Crippen LogP contribution in [0, 0.1) is 0 Å². The first-order valence-corrected chi connectivity index (χ1v) is 5.53. The predicted octanol–water partition coefficient (Wildman–Crippen LogP) is 2.59. The quantitative estimate of drug-likeness (QED) is 0.855. The minimum Gasteiger partial charge on any atom is -0.328 e. The van der Waals surface area contributed by atoms with Gasteiger partial charge >= 0.3 is 0 Å². The highest BCUT2D eigenvalue weighted by Gasteiger charge is 2.07. The lowest BCUT2D eigenvalue weighted by Gasteiger charge is -2.12. The van der Waals surface area contributed by atoms with Crippen molar-refractivity contribution in [2.75, 3.05) is 0 Å². The van der Waals surface area contributed by atoms with Crippen molar-refractivity contribution in [2.45, 2.75) is 26.4 Å². The maximum Gasteiger partial charge on any atom is 0.0953 e. The molecule has 0 amide bonds. The summed E-state index contributed by atoms with van der Waals surface area (Å²) >= 11 is 0. The first-order chi connectivity index (χ1) is 7.72. The molecule has 0 saturated heterocycles. The second-order valence-electron chi connectivity index (χ2n) is 4.18. The van der Waals surface area contributed by atoms with Crippen molar-refractivity contribution < 1.29 is 0 Å². The third-order valence-electron chi connectivity index (χ3n) is 2.68. The molecular formula is C13H17N3. The van der Waals surface area contributed by atoms with E-state index in [2.05, 4.69) is 35.5 Å². The standard InChI is InChI=1S/C13H17N3/c1-10(2)16-9-15-8-13(16)12-5-3-4-11(6-12)7-14/h3-6,8-10H,7,14H2,1-2H3. The number of hydrogen-bond donors (Lipinski definition) is 1. The van der Waals surface area contributed by atoms with Crippen molar-refractivity contribution >= 4 is 0 Å². The molecule has 2 N–H and O–H groups in total. The van der Waals surface area contributed by atoms with E-state index in [4.69, 9.17) is 5.73 Å². The summed E-state index contributed by atoms with van der Waals surface area (Å²) in [6.45, 7) is 4.87. The normalized spacial score (nSPS) is 11.0. The van der Waals surface area contributed by atoms with E-state index in [-0.39, 0.29) is 0 Å². The molecule has 0 aliphatic rings. The van der Waals surface area contributed by atoms with E-state index in [0.29, 0.717) is 12.6 Å². The Morgan fingerprint density at radius 1 is 1.38 bits per heavy atom. The predicted molar refractivity (Wildman–Crippen MR) is 65.9 cm³/mol. The summed E-state index contributed by atoms with van der Waals surface area (Å²) in [5, 5.41) is 0. The van der Waals surface area contributed by atoms with Gasteiger partial charge in [0.25, 0.3) is 0 Å². The molecular weight excluding hydrogens is 198 g/mol. The lowest BCUT2D eigenvalue weighted by Crippen LogP contribution is -2.01. The van der Waals surface area contributed by atoms with Gasteiger partial charge in [0.15, 0.2) is 0 Å². The van der Waals surface area contributed by atoms with Crippen LogP contribution in [0.3, 0.4) is 0 Å². The molecule has 3 nitrogen and oxygen atoms in total. The number of nitrogens with two attached hydrogens (primary N) is 1. The molecule has 0 bridgehead atoms. The van der Waals surface area contributed by atoms with Gasteiger partial charge in [-0.25, -0.2) is 4.98 Å². The fourth-order valence-electron chi connectivity index (χ4n) is 1.80. The van der Waals surface area contributed by atoms with Gasteiger partial charge in [-0.05, 0) is 25.5 Å². The summed E-state index contributed by atoms with van der Waals surface area (Å²) in [7, 11) is 0. The molecule has 0 fully saturated rings. The molecule has 0 spiro atoms. The molecule has 0 aliphatic carbocycles. The van der Waals surface area contributed by atoms with E-state index in [1.807, 2.05) is 24.7 Å². The zero-order valence-electron chi connectivity index (χ0n) is 9.72. The van der Waals surface area contributed by atoms with Crippen LogP contribution in [0.15, 0.2) is 36.8 Å². The summed E-state index contributed by atoms with van der Waals surface area (Å²) in [6.07, 6.45) is 3.77. The largest absolute Gasteiger partial charge is 0.328 e. The van der Waals surface area contributed by atoms with Gasteiger partial charge in [0.2, 0.25) is 0 Å². The molecule has 1 aromatic carbocycles. The monoisotopic (exact) mass is 215 g/mol. The van der Waals surface area contributed by atoms with E-state index >= 15 is 0 Å². The van der Waals surface area contributed by atoms with Gasteiger partial charge in [0.05, 0.1) is 18.2 Å². The number of aromatic nitrogens is 2. The van der Waals surface area contributed by atoms with Gasteiger partial charge in [-0.3, -0.25) is 0 Å². The molecule has 0 unspecified atom stereocenters. The fourth-order valence-corrected chi connectivity index (χ4v) is 1.80. The SMILES string of the molecule is CC(C)n1cncc1-c1cccc(CN)c1. The van der Waals surface area contributed by atoms with Gasteiger partial charge in [0.1, 0.15) is 0 Å². The Labute approximate surface area is 95.9 Å². The van der Waals surface area contributed by atoms with Crippen LogP contribution in [0.4, 0.5) is 0 Å². The molecule has 2 rings (SSSR count). The highest BCUT2D eigenvalue weighted by atomic mass is 15.1. The molecule has 84 valence electrons. The summed E-state index contributed by atoms with van der Waals surface area (Å²) in [5.74, 6) is 0. The van der Waals surface area contributed by atoms with Gasteiger partial charge in [-0.2, -0.15) is 0 Å². The molecule has 16 heavy (non-hydrogen) atoms. The Bertz CT molecular complexity index is 472. The fraction of sp³-hybridized carbons (Fsp3) is 0.308. The summed E-state index contributed by atoms with van der Waals surface area (Å²) in [5.41, 5.74) is 9.11. The average Bonchev–Trinajstić information content (AvgIpc) is 2.78. The van der Waals surface area contributed by atoms with Crippen molar-refractivity contribution in [3.05, 3.63) is 42.4 Å². The van der Waals surface area contributed by atoms with Crippen LogP contribution in [0.25, 0.3) is 11.3 Å². The number of imidazole rings is 1. The topological polar surface area (TPSA) is 43.8 Å². The van der Waals surface area contributed by atoms with Crippen LogP contribution in [-0.4, -0.2) is 9.55 Å². The van der Waals surface area contributed by atoms with E-state index in [0.717, 1.165) is 11.3 Å². The van der Waals surface area contributed by atoms with E-state index in [9.17, 15) is 0 Å².